The number of benzene rings is 1. The van der Waals surface area contributed by atoms with Crippen LogP contribution in [0.15, 0.2) is 18.2 Å². The van der Waals surface area contributed by atoms with Gasteiger partial charge in [-0.1, -0.05) is 18.2 Å². The van der Waals surface area contributed by atoms with Gasteiger partial charge in [-0.05, 0) is 78.0 Å². The minimum absolute atomic E-state index is 0.0348. The Labute approximate surface area is 207 Å². The van der Waals surface area contributed by atoms with E-state index in [1.54, 1.807) is 39.5 Å². The second-order valence-electron chi connectivity index (χ2n) is 9.90. The van der Waals surface area contributed by atoms with Gasteiger partial charge in [0.2, 0.25) is 11.8 Å². The third kappa shape index (κ3) is 8.26. The van der Waals surface area contributed by atoms with E-state index >= 15 is 0 Å². The summed E-state index contributed by atoms with van der Waals surface area (Å²) < 4.78 is 10.2. The van der Waals surface area contributed by atoms with Gasteiger partial charge in [0.1, 0.15) is 17.7 Å². The normalized spacial score (nSPS) is 14.9. The van der Waals surface area contributed by atoms with Crippen molar-refractivity contribution in [3.05, 3.63) is 34.9 Å². The lowest BCUT2D eigenvalue weighted by molar-refractivity contribution is -0.144. The Hall–Kier alpha value is -3.10. The average molecular weight is 490 g/mol. The highest BCUT2D eigenvalue weighted by Crippen LogP contribution is 2.37. The molecule has 1 aromatic carbocycles. The summed E-state index contributed by atoms with van der Waals surface area (Å²) in [5, 5.41) is 5.41. The number of nitrogens with zero attached hydrogens (tertiary/aromatic N) is 1. The SMILES string of the molecule is CCOC(=O)CCNC(=O)C(c1c(C)cccc1C)N(C(=O)C(C)NC(=O)OC(C)(C)C)C1CC1. The van der Waals surface area contributed by atoms with E-state index in [4.69, 9.17) is 9.47 Å². The molecule has 0 saturated heterocycles. The van der Waals surface area contributed by atoms with E-state index in [2.05, 4.69) is 10.6 Å². The maximum Gasteiger partial charge on any atom is 0.408 e. The molecule has 3 amide bonds. The molecule has 1 fully saturated rings. The zero-order valence-electron chi connectivity index (χ0n) is 21.9. The molecular weight excluding hydrogens is 450 g/mol. The van der Waals surface area contributed by atoms with Gasteiger partial charge in [0, 0.05) is 12.6 Å². The fraction of sp³-hybridized carbons (Fsp3) is 0.615. The second kappa shape index (κ2) is 12.0. The maximum atomic E-state index is 13.6. The molecule has 0 heterocycles. The molecule has 0 radical (unpaired) electrons. The summed E-state index contributed by atoms with van der Waals surface area (Å²) >= 11 is 0. The molecule has 1 aromatic rings. The lowest BCUT2D eigenvalue weighted by atomic mass is 9.93. The fourth-order valence-corrected chi connectivity index (χ4v) is 3.91. The molecular formula is C26H39N3O6. The first-order valence-corrected chi connectivity index (χ1v) is 12.2. The number of hydrogen-bond acceptors (Lipinski definition) is 6. The first-order valence-electron chi connectivity index (χ1n) is 12.2. The van der Waals surface area contributed by atoms with Gasteiger partial charge < -0.3 is 25.0 Å². The zero-order valence-corrected chi connectivity index (χ0v) is 21.9. The van der Waals surface area contributed by atoms with Crippen LogP contribution in [0.3, 0.4) is 0 Å². The molecule has 0 spiro atoms. The van der Waals surface area contributed by atoms with E-state index < -0.39 is 29.7 Å². The van der Waals surface area contributed by atoms with Crippen LogP contribution in [0.1, 0.15) is 76.6 Å². The van der Waals surface area contributed by atoms with Crippen molar-refractivity contribution in [2.24, 2.45) is 0 Å². The van der Waals surface area contributed by atoms with Crippen LogP contribution in [0.25, 0.3) is 0 Å². The Morgan fingerprint density at radius 3 is 2.23 bits per heavy atom. The highest BCUT2D eigenvalue weighted by atomic mass is 16.6. The average Bonchev–Trinajstić information content (AvgIpc) is 3.56. The summed E-state index contributed by atoms with van der Waals surface area (Å²) in [6.45, 7) is 12.7. The van der Waals surface area contributed by atoms with Gasteiger partial charge in [-0.25, -0.2) is 4.79 Å². The van der Waals surface area contributed by atoms with Gasteiger partial charge in [0.05, 0.1) is 13.0 Å². The molecule has 9 nitrogen and oxygen atoms in total. The lowest BCUT2D eigenvalue weighted by Gasteiger charge is -2.35. The van der Waals surface area contributed by atoms with Crippen molar-refractivity contribution in [3.63, 3.8) is 0 Å². The largest absolute Gasteiger partial charge is 0.466 e. The van der Waals surface area contributed by atoms with E-state index in [1.807, 2.05) is 32.0 Å². The van der Waals surface area contributed by atoms with Crippen LogP contribution in [0.4, 0.5) is 4.79 Å². The number of esters is 1. The molecule has 1 saturated carbocycles. The van der Waals surface area contributed by atoms with E-state index in [-0.39, 0.29) is 37.4 Å². The summed E-state index contributed by atoms with van der Waals surface area (Å²) in [6, 6.07) is 3.79. The second-order valence-corrected chi connectivity index (χ2v) is 9.90. The smallest absolute Gasteiger partial charge is 0.408 e. The molecule has 2 unspecified atom stereocenters. The van der Waals surface area contributed by atoms with Crippen molar-refractivity contribution in [1.29, 1.82) is 0 Å². The molecule has 2 rings (SSSR count). The first kappa shape index (κ1) is 28.1. The van der Waals surface area contributed by atoms with Gasteiger partial charge >= 0.3 is 12.1 Å². The van der Waals surface area contributed by atoms with Crippen molar-refractivity contribution in [2.45, 2.75) is 91.5 Å². The Morgan fingerprint density at radius 2 is 1.71 bits per heavy atom. The third-order valence-electron chi connectivity index (χ3n) is 5.57. The Kier molecular flexibility index (Phi) is 9.68. The summed E-state index contributed by atoms with van der Waals surface area (Å²) in [5.41, 5.74) is 1.79. The monoisotopic (exact) mass is 489 g/mol. The van der Waals surface area contributed by atoms with Crippen LogP contribution in [0.5, 0.6) is 0 Å². The lowest BCUT2D eigenvalue weighted by Crippen LogP contribution is -2.53. The van der Waals surface area contributed by atoms with Crippen molar-refractivity contribution < 1.29 is 28.7 Å². The Bertz CT molecular complexity index is 915. The van der Waals surface area contributed by atoms with Crippen molar-refractivity contribution in [1.82, 2.24) is 15.5 Å². The molecule has 9 heteroatoms. The Morgan fingerprint density at radius 1 is 1.11 bits per heavy atom. The van der Waals surface area contributed by atoms with Crippen LogP contribution in [0, 0.1) is 13.8 Å². The number of ether oxygens (including phenoxy) is 2. The first-order chi connectivity index (χ1) is 16.4. The highest BCUT2D eigenvalue weighted by Gasteiger charge is 2.44. The van der Waals surface area contributed by atoms with E-state index in [0.29, 0.717) is 0 Å². The van der Waals surface area contributed by atoms with Gasteiger partial charge in [-0.3, -0.25) is 14.4 Å². The molecule has 0 aliphatic heterocycles. The molecule has 2 atom stereocenters. The highest BCUT2D eigenvalue weighted by molar-refractivity contribution is 5.93. The maximum absolute atomic E-state index is 13.6. The minimum Gasteiger partial charge on any atom is -0.466 e. The minimum atomic E-state index is -0.902. The van der Waals surface area contributed by atoms with Crippen LogP contribution in [0.2, 0.25) is 0 Å². The van der Waals surface area contributed by atoms with Crippen LogP contribution >= 0.6 is 0 Å². The topological polar surface area (TPSA) is 114 Å². The number of hydrogen-bond donors (Lipinski definition) is 2. The predicted octanol–water partition coefficient (Wildman–Crippen LogP) is 3.32. The van der Waals surface area contributed by atoms with Crippen LogP contribution in [-0.4, -0.2) is 59.6 Å². The van der Waals surface area contributed by atoms with Crippen molar-refractivity contribution in [2.75, 3.05) is 13.2 Å². The van der Waals surface area contributed by atoms with E-state index in [1.165, 1.54) is 0 Å². The van der Waals surface area contributed by atoms with Crippen molar-refractivity contribution >= 4 is 23.9 Å². The number of nitrogens with one attached hydrogen (secondary N) is 2. The number of amides is 3. The molecule has 0 bridgehead atoms. The van der Waals surface area contributed by atoms with E-state index in [0.717, 1.165) is 29.5 Å². The quantitative estimate of drug-likeness (QED) is 0.488. The zero-order chi connectivity index (χ0) is 26.3. The summed E-state index contributed by atoms with van der Waals surface area (Å²) in [6.07, 6.45) is 0.870. The summed E-state index contributed by atoms with van der Waals surface area (Å²) in [4.78, 5) is 52.8. The fourth-order valence-electron chi connectivity index (χ4n) is 3.91. The van der Waals surface area contributed by atoms with Crippen LogP contribution in [-0.2, 0) is 23.9 Å². The van der Waals surface area contributed by atoms with Crippen molar-refractivity contribution in [3.8, 4) is 0 Å². The Balaban J connectivity index is 2.33. The van der Waals surface area contributed by atoms with Crippen LogP contribution < -0.4 is 10.6 Å². The number of alkyl carbamates (subject to hydrolysis) is 1. The number of carbonyl (C=O) groups is 4. The summed E-state index contributed by atoms with van der Waals surface area (Å²) in [5.74, 6) is -1.15. The number of carbonyl (C=O) groups excluding carboxylic acids is 4. The predicted molar refractivity (Wildman–Crippen MR) is 132 cm³/mol. The molecule has 1 aliphatic carbocycles. The summed E-state index contributed by atoms with van der Waals surface area (Å²) in [7, 11) is 0. The number of rotatable bonds is 10. The molecule has 2 N–H and O–H groups in total. The van der Waals surface area contributed by atoms with Gasteiger partial charge in [-0.15, -0.1) is 0 Å². The third-order valence-corrected chi connectivity index (χ3v) is 5.57. The standard InChI is InChI=1S/C26H39N3O6/c1-8-34-20(30)14-15-27-23(31)22(21-16(2)10-9-11-17(21)3)29(19-12-13-19)24(32)18(4)28-25(33)35-26(5,6)7/h9-11,18-19,22H,8,12-15H2,1-7H3,(H,27,31)(H,28,33). The van der Waals surface area contributed by atoms with E-state index in [9.17, 15) is 19.2 Å². The molecule has 1 aliphatic rings. The number of aryl methyl sites for hydroxylation is 2. The molecule has 194 valence electrons. The molecule has 35 heavy (non-hydrogen) atoms. The van der Waals surface area contributed by atoms with Gasteiger partial charge in [0.15, 0.2) is 0 Å². The molecule has 0 aromatic heterocycles. The van der Waals surface area contributed by atoms with Gasteiger partial charge in [0.25, 0.3) is 0 Å². The van der Waals surface area contributed by atoms with Gasteiger partial charge in [-0.2, -0.15) is 0 Å².